The van der Waals surface area contributed by atoms with Crippen LogP contribution in [-0.2, 0) is 4.74 Å². The molecule has 2 unspecified atom stereocenters. The largest absolute Gasteiger partial charge is 0.481 e. The second-order valence-electron chi connectivity index (χ2n) is 4.78. The minimum atomic E-state index is -0.180. The molecule has 2 atom stereocenters. The lowest BCUT2D eigenvalue weighted by molar-refractivity contribution is 0.181. The zero-order valence-electron chi connectivity index (χ0n) is 12.3. The number of halogens is 1. The normalized spacial score (nSPS) is 14.4. The van der Waals surface area contributed by atoms with Gasteiger partial charge in [0, 0.05) is 25.8 Å². The van der Waals surface area contributed by atoms with Crippen LogP contribution in [0.25, 0.3) is 11.2 Å². The summed E-state index contributed by atoms with van der Waals surface area (Å²) < 4.78 is 12.4. The molecule has 6 heteroatoms. The molecular formula is C14H20ClN3O2. The first-order valence-electron chi connectivity index (χ1n) is 6.64. The number of alkyl halides is 1. The van der Waals surface area contributed by atoms with Gasteiger partial charge >= 0.3 is 0 Å². The number of hydrogen-bond acceptors (Lipinski definition) is 4. The monoisotopic (exact) mass is 297 g/mol. The third-order valence-corrected chi connectivity index (χ3v) is 3.48. The highest BCUT2D eigenvalue weighted by Crippen LogP contribution is 2.29. The maximum absolute atomic E-state index is 6.26. The van der Waals surface area contributed by atoms with Crippen LogP contribution in [0.3, 0.4) is 0 Å². The standard InChI is InChI=1S/C14H20ClN3O2/c1-9(7-8-19-3)18-13(10(2)15)16-11-5-6-12(20-4)17-14(11)18/h5-6,9-10H,7-8H2,1-4H3. The van der Waals surface area contributed by atoms with Gasteiger partial charge in [0.15, 0.2) is 5.65 Å². The van der Waals surface area contributed by atoms with Gasteiger partial charge in [-0.3, -0.25) is 0 Å². The molecule has 110 valence electrons. The van der Waals surface area contributed by atoms with E-state index in [2.05, 4.69) is 21.5 Å². The smallest absolute Gasteiger partial charge is 0.215 e. The van der Waals surface area contributed by atoms with Crippen molar-refractivity contribution >= 4 is 22.8 Å². The average Bonchev–Trinajstić information content (AvgIpc) is 2.83. The Balaban J connectivity index is 2.53. The molecule has 0 aromatic carbocycles. The number of imidazole rings is 1. The molecule has 5 nitrogen and oxygen atoms in total. The van der Waals surface area contributed by atoms with E-state index >= 15 is 0 Å². The number of methoxy groups -OCH3 is 2. The Morgan fingerprint density at radius 1 is 1.25 bits per heavy atom. The van der Waals surface area contributed by atoms with Gasteiger partial charge in [0.2, 0.25) is 5.88 Å². The lowest BCUT2D eigenvalue weighted by atomic mass is 10.2. The summed E-state index contributed by atoms with van der Waals surface area (Å²) in [5, 5.41) is -0.180. The molecule has 0 aliphatic carbocycles. The molecule has 20 heavy (non-hydrogen) atoms. The van der Waals surface area contributed by atoms with Crippen molar-refractivity contribution in [1.82, 2.24) is 14.5 Å². The van der Waals surface area contributed by atoms with Crippen LogP contribution in [-0.4, -0.2) is 35.4 Å². The molecule has 0 N–H and O–H groups in total. The topological polar surface area (TPSA) is 49.2 Å². The van der Waals surface area contributed by atoms with Crippen molar-refractivity contribution in [3.63, 3.8) is 0 Å². The fourth-order valence-corrected chi connectivity index (χ4v) is 2.37. The third-order valence-electron chi connectivity index (χ3n) is 3.28. The summed E-state index contributed by atoms with van der Waals surface area (Å²) >= 11 is 6.26. The first-order valence-corrected chi connectivity index (χ1v) is 7.08. The minimum Gasteiger partial charge on any atom is -0.481 e. The molecule has 2 aromatic rings. The van der Waals surface area contributed by atoms with E-state index in [-0.39, 0.29) is 11.4 Å². The second-order valence-corrected chi connectivity index (χ2v) is 5.44. The van der Waals surface area contributed by atoms with Gasteiger partial charge in [0.1, 0.15) is 11.3 Å². The average molecular weight is 298 g/mol. The lowest BCUT2D eigenvalue weighted by Crippen LogP contribution is -2.12. The Morgan fingerprint density at radius 2 is 2.00 bits per heavy atom. The van der Waals surface area contributed by atoms with Crippen LogP contribution < -0.4 is 4.74 Å². The van der Waals surface area contributed by atoms with E-state index in [9.17, 15) is 0 Å². The molecule has 2 aromatic heterocycles. The van der Waals surface area contributed by atoms with E-state index in [0.717, 1.165) is 23.4 Å². The Morgan fingerprint density at radius 3 is 2.60 bits per heavy atom. The van der Waals surface area contributed by atoms with E-state index in [1.807, 2.05) is 19.1 Å². The molecule has 2 rings (SSSR count). The molecule has 0 bridgehead atoms. The highest BCUT2D eigenvalue weighted by Gasteiger charge is 2.20. The lowest BCUT2D eigenvalue weighted by Gasteiger charge is -2.17. The molecule has 2 heterocycles. The van der Waals surface area contributed by atoms with Crippen molar-refractivity contribution in [2.45, 2.75) is 31.7 Å². The highest BCUT2D eigenvalue weighted by molar-refractivity contribution is 6.20. The summed E-state index contributed by atoms with van der Waals surface area (Å²) in [5.41, 5.74) is 1.63. The van der Waals surface area contributed by atoms with Gasteiger partial charge in [0.05, 0.1) is 12.5 Å². The van der Waals surface area contributed by atoms with Crippen molar-refractivity contribution in [2.75, 3.05) is 20.8 Å². The minimum absolute atomic E-state index is 0.180. The van der Waals surface area contributed by atoms with Gasteiger partial charge in [-0.1, -0.05) is 0 Å². The molecule has 0 radical (unpaired) electrons. The molecule has 0 spiro atoms. The van der Waals surface area contributed by atoms with Crippen molar-refractivity contribution in [3.8, 4) is 5.88 Å². The number of hydrogen-bond donors (Lipinski definition) is 0. The predicted molar refractivity (Wildman–Crippen MR) is 79.6 cm³/mol. The maximum Gasteiger partial charge on any atom is 0.215 e. The number of pyridine rings is 1. The summed E-state index contributed by atoms with van der Waals surface area (Å²) in [6.07, 6.45) is 0.872. The van der Waals surface area contributed by atoms with E-state index in [1.165, 1.54) is 0 Å². The zero-order chi connectivity index (χ0) is 14.7. The Kier molecular flexibility index (Phi) is 4.83. The zero-order valence-corrected chi connectivity index (χ0v) is 13.0. The summed E-state index contributed by atoms with van der Waals surface area (Å²) in [7, 11) is 3.30. The predicted octanol–water partition coefficient (Wildman–Crippen LogP) is 3.34. The number of aromatic nitrogens is 3. The SMILES string of the molecule is COCCC(C)n1c(C(C)Cl)nc2ccc(OC)nc21. The van der Waals surface area contributed by atoms with Gasteiger partial charge in [-0.05, 0) is 26.3 Å². The fraction of sp³-hybridized carbons (Fsp3) is 0.571. The van der Waals surface area contributed by atoms with Crippen molar-refractivity contribution < 1.29 is 9.47 Å². The molecule has 0 aliphatic heterocycles. The number of rotatable bonds is 6. The summed E-state index contributed by atoms with van der Waals surface area (Å²) in [4.78, 5) is 9.09. The van der Waals surface area contributed by atoms with Crippen LogP contribution in [0.2, 0.25) is 0 Å². The first-order chi connectivity index (χ1) is 9.58. The Labute approximate surface area is 123 Å². The van der Waals surface area contributed by atoms with E-state index < -0.39 is 0 Å². The maximum atomic E-state index is 6.26. The van der Waals surface area contributed by atoms with E-state index in [0.29, 0.717) is 12.5 Å². The van der Waals surface area contributed by atoms with Gasteiger partial charge in [-0.2, -0.15) is 4.98 Å². The number of nitrogens with zero attached hydrogens (tertiary/aromatic N) is 3. The van der Waals surface area contributed by atoms with Crippen molar-refractivity contribution in [2.24, 2.45) is 0 Å². The summed E-state index contributed by atoms with van der Waals surface area (Å²) in [6, 6.07) is 3.92. The molecular weight excluding hydrogens is 278 g/mol. The number of fused-ring (bicyclic) bond motifs is 1. The summed E-state index contributed by atoms with van der Waals surface area (Å²) in [6.45, 7) is 4.71. The molecule has 0 saturated carbocycles. The van der Waals surface area contributed by atoms with Crippen LogP contribution >= 0.6 is 11.6 Å². The van der Waals surface area contributed by atoms with E-state index in [1.54, 1.807) is 14.2 Å². The Bertz CT molecular complexity index is 583. The first kappa shape index (κ1) is 15.1. The highest BCUT2D eigenvalue weighted by atomic mass is 35.5. The van der Waals surface area contributed by atoms with Gasteiger partial charge in [0.25, 0.3) is 0 Å². The van der Waals surface area contributed by atoms with Crippen LogP contribution in [0.1, 0.15) is 37.5 Å². The van der Waals surface area contributed by atoms with Crippen LogP contribution in [0.4, 0.5) is 0 Å². The van der Waals surface area contributed by atoms with Crippen molar-refractivity contribution in [1.29, 1.82) is 0 Å². The van der Waals surface area contributed by atoms with E-state index in [4.69, 9.17) is 21.1 Å². The van der Waals surface area contributed by atoms with Gasteiger partial charge in [-0.25, -0.2) is 4.98 Å². The molecule has 0 aliphatic rings. The second kappa shape index (κ2) is 6.41. The molecule has 0 fully saturated rings. The Hall–Kier alpha value is -1.33. The third kappa shape index (κ3) is 2.88. The quantitative estimate of drug-likeness (QED) is 0.767. The van der Waals surface area contributed by atoms with Gasteiger partial charge in [-0.15, -0.1) is 11.6 Å². The fourth-order valence-electron chi connectivity index (χ4n) is 2.22. The van der Waals surface area contributed by atoms with Crippen LogP contribution in [0, 0.1) is 0 Å². The summed E-state index contributed by atoms with van der Waals surface area (Å²) in [5.74, 6) is 1.40. The number of ether oxygens (including phenoxy) is 2. The molecule has 0 saturated heterocycles. The van der Waals surface area contributed by atoms with Crippen molar-refractivity contribution in [3.05, 3.63) is 18.0 Å². The van der Waals surface area contributed by atoms with Crippen LogP contribution in [0.15, 0.2) is 12.1 Å². The van der Waals surface area contributed by atoms with Gasteiger partial charge < -0.3 is 14.0 Å². The molecule has 0 amide bonds. The van der Waals surface area contributed by atoms with Crippen LogP contribution in [0.5, 0.6) is 5.88 Å².